The molecule has 0 fully saturated rings. The normalized spacial score (nSPS) is 10.4. The fourth-order valence-electron chi connectivity index (χ4n) is 2.71. The Morgan fingerprint density at radius 3 is 2.50 bits per heavy atom. The van der Waals surface area contributed by atoms with Crippen molar-refractivity contribution in [1.82, 2.24) is 20.1 Å². The highest BCUT2D eigenvalue weighted by molar-refractivity contribution is 7.99. The predicted molar refractivity (Wildman–Crippen MR) is 120 cm³/mol. The van der Waals surface area contributed by atoms with Crippen LogP contribution in [0.2, 0.25) is 0 Å². The average molecular weight is 452 g/mol. The molecule has 0 bridgehead atoms. The van der Waals surface area contributed by atoms with Gasteiger partial charge in [-0.1, -0.05) is 36.0 Å². The van der Waals surface area contributed by atoms with Crippen molar-refractivity contribution >= 4 is 35.0 Å². The third-order valence-corrected chi connectivity index (χ3v) is 5.21. The maximum atomic E-state index is 12.3. The van der Waals surface area contributed by atoms with E-state index in [2.05, 4.69) is 27.4 Å². The Kier molecular flexibility index (Phi) is 7.70. The van der Waals surface area contributed by atoms with Gasteiger partial charge in [-0.25, -0.2) is 0 Å². The van der Waals surface area contributed by atoms with Gasteiger partial charge in [0.05, 0.1) is 17.2 Å². The highest BCUT2D eigenvalue weighted by Gasteiger charge is 2.15. The maximum absolute atomic E-state index is 12.3. The van der Waals surface area contributed by atoms with Gasteiger partial charge < -0.3 is 15.2 Å². The van der Waals surface area contributed by atoms with Crippen LogP contribution in [0.1, 0.15) is 16.2 Å². The highest BCUT2D eigenvalue weighted by Crippen LogP contribution is 2.19. The van der Waals surface area contributed by atoms with Crippen LogP contribution in [0.25, 0.3) is 0 Å². The summed E-state index contributed by atoms with van der Waals surface area (Å²) in [5.41, 5.74) is 0.944. The highest BCUT2D eigenvalue weighted by atomic mass is 32.2. The smallest absolute Gasteiger partial charge is 0.269 e. The lowest BCUT2D eigenvalue weighted by Crippen LogP contribution is -2.24. The van der Waals surface area contributed by atoms with E-state index >= 15 is 0 Å². The molecule has 2 N–H and O–H groups in total. The van der Waals surface area contributed by atoms with Crippen LogP contribution in [-0.4, -0.2) is 37.3 Å². The monoisotopic (exact) mass is 452 g/mol. The number of nitrogens with zero attached hydrogens (tertiary/aromatic N) is 4. The number of non-ortho nitro benzene ring substituents is 1. The molecular weight excluding hydrogens is 432 g/mol. The average Bonchev–Trinajstić information content (AvgIpc) is 3.18. The molecule has 0 unspecified atom stereocenters. The quantitative estimate of drug-likeness (QED) is 0.209. The molecule has 10 nitrogen and oxygen atoms in total. The fraction of sp³-hybridized carbons (Fsp3) is 0.143. The first-order valence-corrected chi connectivity index (χ1v) is 10.5. The lowest BCUT2D eigenvalue weighted by atomic mass is 10.2. The van der Waals surface area contributed by atoms with Gasteiger partial charge in [-0.05, 0) is 24.3 Å². The van der Waals surface area contributed by atoms with Crippen LogP contribution in [-0.2, 0) is 17.9 Å². The first-order valence-electron chi connectivity index (χ1n) is 9.51. The van der Waals surface area contributed by atoms with Crippen molar-refractivity contribution < 1.29 is 14.5 Å². The van der Waals surface area contributed by atoms with Crippen LogP contribution >= 0.6 is 11.8 Å². The van der Waals surface area contributed by atoms with Crippen molar-refractivity contribution in [3.05, 3.63) is 88.8 Å². The third-order valence-electron chi connectivity index (χ3n) is 4.24. The molecule has 2 aromatic carbocycles. The number of aromatic nitrogens is 3. The summed E-state index contributed by atoms with van der Waals surface area (Å²) >= 11 is 1.18. The van der Waals surface area contributed by atoms with E-state index in [0.29, 0.717) is 28.8 Å². The molecule has 32 heavy (non-hydrogen) atoms. The summed E-state index contributed by atoms with van der Waals surface area (Å²) in [7, 11) is 0. The number of nitro groups is 1. The van der Waals surface area contributed by atoms with Crippen molar-refractivity contribution in [3.8, 4) is 0 Å². The number of anilines is 1. The number of carbonyl (C=O) groups excluding carboxylic acids is 2. The SMILES string of the molecule is C=CCn1c(CNC(=O)c2ccccc2)nnc1SCC(=O)Nc1ccc([N+](=O)[O-])cc1. The molecule has 0 spiro atoms. The predicted octanol–water partition coefficient (Wildman–Crippen LogP) is 3.03. The Balaban J connectivity index is 1.58. The first-order chi connectivity index (χ1) is 15.5. The minimum atomic E-state index is -0.506. The number of amides is 2. The molecule has 3 rings (SSSR count). The topological polar surface area (TPSA) is 132 Å². The van der Waals surface area contributed by atoms with Crippen LogP contribution in [0.3, 0.4) is 0 Å². The zero-order valence-electron chi connectivity index (χ0n) is 16.9. The van der Waals surface area contributed by atoms with Crippen LogP contribution in [0.15, 0.2) is 72.4 Å². The number of thioether (sulfide) groups is 1. The zero-order valence-corrected chi connectivity index (χ0v) is 17.7. The van der Waals surface area contributed by atoms with Crippen LogP contribution in [0.5, 0.6) is 0 Å². The lowest BCUT2D eigenvalue weighted by molar-refractivity contribution is -0.384. The number of allylic oxidation sites excluding steroid dienone is 1. The number of rotatable bonds is 10. The minimum absolute atomic E-state index is 0.0539. The van der Waals surface area contributed by atoms with Gasteiger partial charge in [0.25, 0.3) is 11.6 Å². The summed E-state index contributed by atoms with van der Waals surface area (Å²) < 4.78 is 1.77. The summed E-state index contributed by atoms with van der Waals surface area (Å²) in [5.74, 6) is 0.0710. The van der Waals surface area contributed by atoms with Crippen LogP contribution in [0.4, 0.5) is 11.4 Å². The minimum Gasteiger partial charge on any atom is -0.345 e. The van der Waals surface area contributed by atoms with E-state index in [1.165, 1.54) is 36.0 Å². The maximum Gasteiger partial charge on any atom is 0.269 e. The van der Waals surface area contributed by atoms with Crippen LogP contribution < -0.4 is 10.6 Å². The van der Waals surface area contributed by atoms with Crippen molar-refractivity contribution in [2.75, 3.05) is 11.1 Å². The van der Waals surface area contributed by atoms with E-state index in [0.717, 1.165) is 0 Å². The Bertz CT molecular complexity index is 1120. The number of benzene rings is 2. The zero-order chi connectivity index (χ0) is 22.9. The summed E-state index contributed by atoms with van der Waals surface area (Å²) in [6.07, 6.45) is 1.67. The van der Waals surface area contributed by atoms with Gasteiger partial charge in [0, 0.05) is 29.9 Å². The molecule has 0 aliphatic carbocycles. The third kappa shape index (κ3) is 6.01. The number of hydrogen-bond acceptors (Lipinski definition) is 7. The summed E-state index contributed by atoms with van der Waals surface area (Å²) in [6.45, 7) is 4.31. The molecule has 11 heteroatoms. The van der Waals surface area contributed by atoms with Crippen molar-refractivity contribution in [1.29, 1.82) is 0 Å². The molecule has 2 amide bonds. The molecule has 1 heterocycles. The molecule has 0 aliphatic rings. The molecule has 0 radical (unpaired) electrons. The van der Waals surface area contributed by atoms with Gasteiger partial charge in [-0.2, -0.15) is 0 Å². The molecular formula is C21H20N6O4S. The fourth-order valence-corrected chi connectivity index (χ4v) is 3.48. The number of carbonyl (C=O) groups is 2. The van der Waals surface area contributed by atoms with Gasteiger partial charge in [0.1, 0.15) is 0 Å². The molecule has 1 aromatic heterocycles. The number of nitro benzene ring substituents is 1. The Morgan fingerprint density at radius 1 is 1.12 bits per heavy atom. The van der Waals surface area contributed by atoms with Crippen molar-refractivity contribution in [3.63, 3.8) is 0 Å². The van der Waals surface area contributed by atoms with Crippen molar-refractivity contribution in [2.45, 2.75) is 18.2 Å². The Morgan fingerprint density at radius 2 is 1.84 bits per heavy atom. The van der Waals surface area contributed by atoms with Gasteiger partial charge in [-0.3, -0.25) is 19.7 Å². The van der Waals surface area contributed by atoms with E-state index in [9.17, 15) is 19.7 Å². The second-order valence-corrected chi connectivity index (χ2v) is 7.43. The summed E-state index contributed by atoms with van der Waals surface area (Å²) in [6, 6.07) is 14.4. The second-order valence-electron chi connectivity index (χ2n) is 6.49. The first kappa shape index (κ1) is 22.7. The van der Waals surface area contributed by atoms with Gasteiger partial charge in [-0.15, -0.1) is 16.8 Å². The standard InChI is InChI=1S/C21H20N6O4S/c1-2-12-26-18(13-22-20(29)15-6-4-3-5-7-15)24-25-21(26)32-14-19(28)23-16-8-10-17(11-9-16)27(30)31/h2-11H,1,12-14H2,(H,22,29)(H,23,28). The number of nitrogens with one attached hydrogen (secondary N) is 2. The second kappa shape index (κ2) is 10.9. The Labute approximate surface area is 187 Å². The van der Waals surface area contributed by atoms with E-state index in [1.54, 1.807) is 34.9 Å². The molecule has 3 aromatic rings. The number of hydrogen-bond donors (Lipinski definition) is 2. The van der Waals surface area contributed by atoms with E-state index in [1.807, 2.05) is 6.07 Å². The Hall–Kier alpha value is -3.99. The lowest BCUT2D eigenvalue weighted by Gasteiger charge is -2.09. The van der Waals surface area contributed by atoms with Gasteiger partial charge >= 0.3 is 0 Å². The largest absolute Gasteiger partial charge is 0.345 e. The van der Waals surface area contributed by atoms with Gasteiger partial charge in [0.2, 0.25) is 5.91 Å². The molecule has 164 valence electrons. The van der Waals surface area contributed by atoms with E-state index in [-0.39, 0.29) is 29.8 Å². The molecule has 0 saturated heterocycles. The molecule has 0 saturated carbocycles. The van der Waals surface area contributed by atoms with E-state index in [4.69, 9.17) is 0 Å². The van der Waals surface area contributed by atoms with Crippen LogP contribution in [0, 0.1) is 10.1 Å². The molecule has 0 aliphatic heterocycles. The molecule has 0 atom stereocenters. The van der Waals surface area contributed by atoms with Crippen molar-refractivity contribution in [2.24, 2.45) is 0 Å². The summed E-state index contributed by atoms with van der Waals surface area (Å²) in [5, 5.41) is 24.9. The summed E-state index contributed by atoms with van der Waals surface area (Å²) in [4.78, 5) is 34.7. The van der Waals surface area contributed by atoms with E-state index < -0.39 is 4.92 Å². The van der Waals surface area contributed by atoms with Gasteiger partial charge in [0.15, 0.2) is 11.0 Å².